The lowest BCUT2D eigenvalue weighted by Gasteiger charge is -2.21. The molecule has 0 fully saturated rings. The summed E-state index contributed by atoms with van der Waals surface area (Å²) in [5, 5.41) is 24.9. The van der Waals surface area contributed by atoms with E-state index in [4.69, 9.17) is 10.8 Å². The maximum absolute atomic E-state index is 12.4. The van der Waals surface area contributed by atoms with Crippen LogP contribution in [-0.2, 0) is 25.6 Å². The average molecular weight is 366 g/mol. The molecule has 10 nitrogen and oxygen atoms in total. The van der Waals surface area contributed by atoms with E-state index in [2.05, 4.69) is 16.0 Å². The zero-order valence-corrected chi connectivity index (χ0v) is 14.2. The van der Waals surface area contributed by atoms with Gasteiger partial charge in [-0.1, -0.05) is 12.1 Å². The number of hydrogen-bond donors (Lipinski definition) is 6. The van der Waals surface area contributed by atoms with Gasteiger partial charge in [-0.15, -0.1) is 0 Å². The van der Waals surface area contributed by atoms with Crippen molar-refractivity contribution in [2.24, 2.45) is 5.73 Å². The van der Waals surface area contributed by atoms with Crippen LogP contribution in [0.15, 0.2) is 24.3 Å². The molecule has 1 aromatic rings. The highest BCUT2D eigenvalue weighted by molar-refractivity contribution is 5.93. The van der Waals surface area contributed by atoms with E-state index in [0.717, 1.165) is 0 Å². The second kappa shape index (κ2) is 9.99. The van der Waals surface area contributed by atoms with Crippen LogP contribution in [0.4, 0.5) is 0 Å². The van der Waals surface area contributed by atoms with E-state index in [-0.39, 0.29) is 18.7 Å². The number of benzene rings is 1. The zero-order valence-electron chi connectivity index (χ0n) is 14.2. The highest BCUT2D eigenvalue weighted by atomic mass is 16.4. The van der Waals surface area contributed by atoms with Crippen LogP contribution in [-0.4, -0.2) is 59.1 Å². The Labute approximate surface area is 149 Å². The van der Waals surface area contributed by atoms with Crippen molar-refractivity contribution in [1.82, 2.24) is 16.0 Å². The average Bonchev–Trinajstić information content (AvgIpc) is 2.60. The maximum atomic E-state index is 12.4. The molecule has 0 heterocycles. The van der Waals surface area contributed by atoms with Crippen LogP contribution in [0.25, 0.3) is 0 Å². The molecule has 10 heteroatoms. The molecule has 26 heavy (non-hydrogen) atoms. The van der Waals surface area contributed by atoms with Crippen molar-refractivity contribution in [2.45, 2.75) is 25.4 Å². The molecular weight excluding hydrogens is 344 g/mol. The summed E-state index contributed by atoms with van der Waals surface area (Å²) in [5.41, 5.74) is 5.92. The predicted molar refractivity (Wildman–Crippen MR) is 91.0 cm³/mol. The predicted octanol–water partition coefficient (Wildman–Crippen LogP) is -1.92. The minimum Gasteiger partial charge on any atom is -0.508 e. The number of rotatable bonds is 9. The van der Waals surface area contributed by atoms with E-state index < -0.39 is 42.3 Å². The SMILES string of the molecule is CC(NC(=O)C(Cc1ccc(O)cc1)NC(=O)CN)C(=O)NCC(=O)O. The van der Waals surface area contributed by atoms with Crippen LogP contribution in [0.2, 0.25) is 0 Å². The number of amides is 3. The summed E-state index contributed by atoms with van der Waals surface area (Å²) in [6.45, 7) is 0.505. The second-order valence-electron chi connectivity index (χ2n) is 5.54. The Kier molecular flexibility index (Phi) is 8.03. The Hall–Kier alpha value is -3.14. The van der Waals surface area contributed by atoms with Gasteiger partial charge >= 0.3 is 5.97 Å². The molecule has 0 saturated carbocycles. The number of aromatic hydroxyl groups is 1. The standard InChI is InChI=1S/C16H22N4O6/c1-9(15(25)18-8-14(23)24)19-16(26)12(20-13(22)7-17)6-10-2-4-11(21)5-3-10/h2-5,9,12,21H,6-8,17H2,1H3,(H,18,25)(H,19,26)(H,20,22)(H,23,24). The Morgan fingerprint density at radius 3 is 2.23 bits per heavy atom. The summed E-state index contributed by atoms with van der Waals surface area (Å²) < 4.78 is 0. The summed E-state index contributed by atoms with van der Waals surface area (Å²) in [6, 6.07) is 4.07. The highest BCUT2D eigenvalue weighted by Gasteiger charge is 2.24. The fourth-order valence-corrected chi connectivity index (χ4v) is 2.03. The van der Waals surface area contributed by atoms with E-state index >= 15 is 0 Å². The Bertz CT molecular complexity index is 661. The molecule has 2 atom stereocenters. The normalized spacial score (nSPS) is 12.5. The van der Waals surface area contributed by atoms with Gasteiger partial charge in [-0.25, -0.2) is 0 Å². The van der Waals surface area contributed by atoms with Crippen LogP contribution in [0, 0.1) is 0 Å². The first kappa shape index (κ1) is 20.9. The monoisotopic (exact) mass is 366 g/mol. The van der Waals surface area contributed by atoms with E-state index in [1.807, 2.05) is 0 Å². The maximum Gasteiger partial charge on any atom is 0.322 e. The molecule has 0 aliphatic rings. The van der Waals surface area contributed by atoms with Gasteiger partial charge in [-0.05, 0) is 24.6 Å². The van der Waals surface area contributed by atoms with Gasteiger partial charge in [0.1, 0.15) is 24.4 Å². The lowest BCUT2D eigenvalue weighted by molar-refractivity contribution is -0.138. The number of nitrogens with one attached hydrogen (secondary N) is 3. The minimum atomic E-state index is -1.21. The number of hydrogen-bond acceptors (Lipinski definition) is 6. The van der Waals surface area contributed by atoms with E-state index in [0.29, 0.717) is 5.56 Å². The van der Waals surface area contributed by atoms with Crippen LogP contribution in [0.5, 0.6) is 5.75 Å². The van der Waals surface area contributed by atoms with Crippen LogP contribution >= 0.6 is 0 Å². The van der Waals surface area contributed by atoms with Gasteiger partial charge in [0.15, 0.2) is 0 Å². The van der Waals surface area contributed by atoms with E-state index in [1.54, 1.807) is 12.1 Å². The third-order valence-corrected chi connectivity index (χ3v) is 3.38. The fraction of sp³-hybridized carbons (Fsp3) is 0.375. The number of carbonyl (C=O) groups is 4. The lowest BCUT2D eigenvalue weighted by Crippen LogP contribution is -2.54. The van der Waals surface area contributed by atoms with Crippen molar-refractivity contribution in [3.8, 4) is 5.75 Å². The molecule has 7 N–H and O–H groups in total. The number of phenolic OH excluding ortho intramolecular Hbond substituents is 1. The van der Waals surface area contributed by atoms with Gasteiger partial charge in [0.2, 0.25) is 17.7 Å². The molecule has 3 amide bonds. The van der Waals surface area contributed by atoms with Gasteiger partial charge in [0.05, 0.1) is 6.54 Å². The van der Waals surface area contributed by atoms with Crippen LogP contribution < -0.4 is 21.7 Å². The van der Waals surface area contributed by atoms with Gasteiger partial charge in [0, 0.05) is 6.42 Å². The van der Waals surface area contributed by atoms with Crippen LogP contribution in [0.3, 0.4) is 0 Å². The molecule has 0 bridgehead atoms. The summed E-state index contributed by atoms with van der Waals surface area (Å²) in [4.78, 5) is 46.2. The number of carboxylic acid groups (broad SMARTS) is 1. The smallest absolute Gasteiger partial charge is 0.322 e. The highest BCUT2D eigenvalue weighted by Crippen LogP contribution is 2.11. The quantitative estimate of drug-likeness (QED) is 0.296. The topological polar surface area (TPSA) is 171 Å². The van der Waals surface area contributed by atoms with Gasteiger partial charge < -0.3 is 31.9 Å². The van der Waals surface area contributed by atoms with E-state index in [9.17, 15) is 24.3 Å². The molecular formula is C16H22N4O6. The molecule has 0 aliphatic carbocycles. The fourth-order valence-electron chi connectivity index (χ4n) is 2.03. The third-order valence-electron chi connectivity index (χ3n) is 3.38. The van der Waals surface area contributed by atoms with Crippen molar-refractivity contribution >= 4 is 23.7 Å². The number of carbonyl (C=O) groups excluding carboxylic acids is 3. The number of carboxylic acids is 1. The first-order valence-corrected chi connectivity index (χ1v) is 7.80. The Morgan fingerprint density at radius 2 is 1.69 bits per heavy atom. The number of phenols is 1. The number of nitrogens with two attached hydrogens (primary N) is 1. The van der Waals surface area contributed by atoms with Crippen molar-refractivity contribution in [1.29, 1.82) is 0 Å². The summed E-state index contributed by atoms with van der Waals surface area (Å²) >= 11 is 0. The molecule has 0 aromatic heterocycles. The lowest BCUT2D eigenvalue weighted by atomic mass is 10.0. The molecule has 1 rings (SSSR count). The summed E-state index contributed by atoms with van der Waals surface area (Å²) in [6.07, 6.45) is 0.112. The van der Waals surface area contributed by atoms with Crippen molar-refractivity contribution < 1.29 is 29.4 Å². The summed E-state index contributed by atoms with van der Waals surface area (Å²) in [7, 11) is 0. The van der Waals surface area contributed by atoms with Crippen molar-refractivity contribution in [3.05, 3.63) is 29.8 Å². The van der Waals surface area contributed by atoms with E-state index in [1.165, 1.54) is 19.1 Å². The van der Waals surface area contributed by atoms with Crippen LogP contribution in [0.1, 0.15) is 12.5 Å². The first-order valence-electron chi connectivity index (χ1n) is 7.80. The van der Waals surface area contributed by atoms with Gasteiger partial charge in [-0.2, -0.15) is 0 Å². The molecule has 0 saturated heterocycles. The first-order chi connectivity index (χ1) is 12.2. The zero-order chi connectivity index (χ0) is 19.7. The Morgan fingerprint density at radius 1 is 1.08 bits per heavy atom. The minimum absolute atomic E-state index is 0.0597. The molecule has 2 unspecified atom stereocenters. The molecule has 0 spiro atoms. The molecule has 0 aliphatic heterocycles. The largest absolute Gasteiger partial charge is 0.508 e. The second-order valence-corrected chi connectivity index (χ2v) is 5.54. The molecule has 0 radical (unpaired) electrons. The summed E-state index contributed by atoms with van der Waals surface area (Å²) in [5.74, 6) is -3.00. The molecule has 1 aromatic carbocycles. The van der Waals surface area contributed by atoms with Gasteiger partial charge in [-0.3, -0.25) is 19.2 Å². The number of aliphatic carboxylic acids is 1. The van der Waals surface area contributed by atoms with Crippen molar-refractivity contribution in [3.63, 3.8) is 0 Å². The molecule has 142 valence electrons. The van der Waals surface area contributed by atoms with Gasteiger partial charge in [0.25, 0.3) is 0 Å². The van der Waals surface area contributed by atoms with Crippen molar-refractivity contribution in [2.75, 3.05) is 13.1 Å². The third kappa shape index (κ3) is 7.18. The Balaban J connectivity index is 2.76.